The van der Waals surface area contributed by atoms with Gasteiger partial charge in [-0.05, 0) is 47.0 Å². The first-order valence-electron chi connectivity index (χ1n) is 14.5. The van der Waals surface area contributed by atoms with Crippen molar-refractivity contribution in [3.63, 3.8) is 0 Å². The summed E-state index contributed by atoms with van der Waals surface area (Å²) in [6.07, 6.45) is 1.08. The van der Waals surface area contributed by atoms with Crippen molar-refractivity contribution < 1.29 is 23.8 Å². The lowest BCUT2D eigenvalue weighted by Gasteiger charge is -2.19. The number of alkyl carbamates (subject to hydrolysis) is 1. The molecule has 244 valence electrons. The summed E-state index contributed by atoms with van der Waals surface area (Å²) < 4.78 is 15.9. The Hall–Kier alpha value is -5.16. The van der Waals surface area contributed by atoms with Gasteiger partial charge < -0.3 is 35.5 Å². The van der Waals surface area contributed by atoms with Crippen LogP contribution in [0.1, 0.15) is 16.0 Å². The number of carbonyl (C=O) groups excluding carboxylic acids is 2. The van der Waals surface area contributed by atoms with E-state index in [4.69, 9.17) is 31.5 Å². The molecular weight excluding hydrogens is 642 g/mol. The van der Waals surface area contributed by atoms with Crippen LogP contribution in [0.25, 0.3) is 16.5 Å². The maximum Gasteiger partial charge on any atom is 0.407 e. The van der Waals surface area contributed by atoms with Crippen molar-refractivity contribution >= 4 is 52.6 Å². The second-order valence-electron chi connectivity index (χ2n) is 10.1. The van der Waals surface area contributed by atoms with E-state index in [-0.39, 0.29) is 35.8 Å². The Kier molecular flexibility index (Phi) is 12.9. The van der Waals surface area contributed by atoms with Crippen LogP contribution in [0.5, 0.6) is 5.88 Å². The summed E-state index contributed by atoms with van der Waals surface area (Å²) in [7, 11) is 3.47. The molecule has 2 aromatic heterocycles. The summed E-state index contributed by atoms with van der Waals surface area (Å²) in [5.74, 6) is -0.105. The summed E-state index contributed by atoms with van der Waals surface area (Å²) in [6, 6.07) is 22.8. The Balaban J connectivity index is 1.18. The van der Waals surface area contributed by atoms with Crippen LogP contribution in [-0.4, -0.2) is 62.4 Å². The number of halogens is 1. The summed E-state index contributed by atoms with van der Waals surface area (Å²) in [5, 5.41) is 15.0. The van der Waals surface area contributed by atoms with Crippen LogP contribution in [-0.2, 0) is 27.4 Å². The van der Waals surface area contributed by atoms with Gasteiger partial charge in [0.05, 0.1) is 13.2 Å². The average molecular weight is 676 g/mol. The van der Waals surface area contributed by atoms with E-state index in [1.54, 1.807) is 13.2 Å². The normalized spacial score (nSPS) is 11.0. The Morgan fingerprint density at radius 2 is 1.79 bits per heavy atom. The highest BCUT2D eigenvalue weighted by Crippen LogP contribution is 2.30. The van der Waals surface area contributed by atoms with Gasteiger partial charge in [0.2, 0.25) is 11.8 Å². The van der Waals surface area contributed by atoms with E-state index in [0.29, 0.717) is 26.2 Å². The number of nitrogens with two attached hydrogens (primary N) is 1. The maximum atomic E-state index is 12.2. The molecular formula is C33H34ClN7O5S. The lowest BCUT2D eigenvalue weighted by Crippen LogP contribution is -2.28. The summed E-state index contributed by atoms with van der Waals surface area (Å²) in [5.41, 5.74) is 9.40. The number of nitrogens with one attached hydrogen (secondary N) is 2. The number of aromatic nitrogens is 2. The number of hydrogen-bond donors (Lipinski definition) is 3. The van der Waals surface area contributed by atoms with Crippen LogP contribution < -0.4 is 26.0 Å². The fourth-order valence-corrected chi connectivity index (χ4v) is 5.28. The van der Waals surface area contributed by atoms with Gasteiger partial charge in [0.25, 0.3) is 5.91 Å². The molecule has 2 heterocycles. The molecule has 0 saturated heterocycles. The van der Waals surface area contributed by atoms with Crippen molar-refractivity contribution in [1.82, 2.24) is 20.6 Å². The molecule has 0 unspecified atom stereocenters. The number of thiophene rings is 1. The topological polar surface area (TPSA) is 165 Å². The van der Waals surface area contributed by atoms with Crippen LogP contribution in [0.15, 0.2) is 72.3 Å². The molecule has 0 atom stereocenters. The number of likely N-dealkylation sites (N-methyl/N-ethyl adjacent to an activating group) is 1. The highest BCUT2D eigenvalue weighted by atomic mass is 35.5. The second kappa shape index (κ2) is 17.5. The molecule has 4 N–H and O–H groups in total. The van der Waals surface area contributed by atoms with Gasteiger partial charge in [-0.25, -0.2) is 9.78 Å². The molecule has 0 aliphatic heterocycles. The van der Waals surface area contributed by atoms with Crippen LogP contribution in [0.3, 0.4) is 0 Å². The third-order valence-corrected chi connectivity index (χ3v) is 7.93. The SMILES string of the molecule is COCCNC(=O)/C(C#N)=C/c1ccc(-c2ccc(N(C)CCOC(=O)NCc3ccc(COc4cc(Cl)nc(N)n4)cc3)cc2)s1. The molecule has 2 amide bonds. The van der Waals surface area contributed by atoms with Gasteiger partial charge in [-0.2, -0.15) is 10.2 Å². The average Bonchev–Trinajstić information content (AvgIpc) is 3.54. The number of benzene rings is 2. The second-order valence-corrected chi connectivity index (χ2v) is 11.6. The minimum Gasteiger partial charge on any atom is -0.473 e. The van der Waals surface area contributed by atoms with Crippen molar-refractivity contribution in [2.24, 2.45) is 0 Å². The van der Waals surface area contributed by atoms with Gasteiger partial charge in [0.1, 0.15) is 30.0 Å². The zero-order valence-corrected chi connectivity index (χ0v) is 27.4. The summed E-state index contributed by atoms with van der Waals surface area (Å²) in [6.45, 7) is 2.00. The number of hydrogen-bond acceptors (Lipinski definition) is 11. The number of amides is 2. The molecule has 12 nitrogen and oxygen atoms in total. The molecule has 0 radical (unpaired) electrons. The van der Waals surface area contributed by atoms with Gasteiger partial charge in [0, 0.05) is 48.8 Å². The largest absolute Gasteiger partial charge is 0.473 e. The summed E-state index contributed by atoms with van der Waals surface area (Å²) >= 11 is 7.35. The van der Waals surface area contributed by atoms with Gasteiger partial charge in [0.15, 0.2) is 0 Å². The zero-order valence-electron chi connectivity index (χ0n) is 25.9. The number of methoxy groups -OCH3 is 1. The first kappa shape index (κ1) is 34.7. The van der Waals surface area contributed by atoms with E-state index < -0.39 is 12.0 Å². The minimum absolute atomic E-state index is 0.0387. The number of anilines is 2. The molecule has 47 heavy (non-hydrogen) atoms. The monoisotopic (exact) mass is 675 g/mol. The fraction of sp³-hybridized carbons (Fsp3) is 0.242. The number of nitrogen functional groups attached to an aromatic ring is 1. The molecule has 0 aliphatic carbocycles. The molecule has 0 bridgehead atoms. The molecule has 4 rings (SSSR count). The maximum absolute atomic E-state index is 12.2. The van der Waals surface area contributed by atoms with Gasteiger partial charge >= 0.3 is 6.09 Å². The Morgan fingerprint density at radius 1 is 1.04 bits per heavy atom. The smallest absolute Gasteiger partial charge is 0.407 e. The third-order valence-electron chi connectivity index (χ3n) is 6.66. The third kappa shape index (κ3) is 11.0. The first-order valence-corrected chi connectivity index (χ1v) is 15.6. The van der Waals surface area contributed by atoms with Crippen molar-refractivity contribution in [1.29, 1.82) is 5.26 Å². The Morgan fingerprint density at radius 3 is 2.49 bits per heavy atom. The number of rotatable bonds is 15. The standard InChI is InChI=1S/C33H34ClN7O5S/c1-41(26-9-7-24(8-10-26)28-12-11-27(47-28)17-25(19-35)31(42)37-13-15-44-2)14-16-45-33(43)38-20-22-3-5-23(6-4-22)21-46-30-18-29(34)39-32(36)40-30/h3-12,17-18H,13-16,20-21H2,1-2H3,(H,37,42)(H,38,43)(H2,36,39,40)/b25-17+. The van der Waals surface area contributed by atoms with E-state index in [1.165, 1.54) is 17.4 Å². The van der Waals surface area contributed by atoms with E-state index in [2.05, 4.69) is 20.6 Å². The lowest BCUT2D eigenvalue weighted by molar-refractivity contribution is -0.117. The molecule has 0 fully saturated rings. The summed E-state index contributed by atoms with van der Waals surface area (Å²) in [4.78, 5) is 36.0. The van der Waals surface area contributed by atoms with Crippen molar-refractivity contribution in [3.05, 3.63) is 93.5 Å². The van der Waals surface area contributed by atoms with Crippen molar-refractivity contribution in [2.45, 2.75) is 13.2 Å². The number of nitrogens with zero attached hydrogens (tertiary/aromatic N) is 4. The number of ether oxygens (including phenoxy) is 3. The lowest BCUT2D eigenvalue weighted by atomic mass is 10.1. The van der Waals surface area contributed by atoms with Crippen LogP contribution in [0.4, 0.5) is 16.4 Å². The number of carbonyl (C=O) groups is 2. The van der Waals surface area contributed by atoms with Gasteiger partial charge in [-0.15, -0.1) is 11.3 Å². The quantitative estimate of drug-likeness (QED) is 0.0672. The van der Waals surface area contributed by atoms with Gasteiger partial charge in [-0.3, -0.25) is 4.79 Å². The van der Waals surface area contributed by atoms with E-state index in [9.17, 15) is 14.9 Å². The van der Waals surface area contributed by atoms with Crippen LogP contribution in [0, 0.1) is 11.3 Å². The molecule has 0 aliphatic rings. The molecule has 0 spiro atoms. The van der Waals surface area contributed by atoms with Crippen molar-refractivity contribution in [3.8, 4) is 22.4 Å². The van der Waals surface area contributed by atoms with E-state index in [0.717, 1.165) is 32.1 Å². The zero-order chi connectivity index (χ0) is 33.6. The molecule has 2 aromatic carbocycles. The van der Waals surface area contributed by atoms with E-state index in [1.807, 2.05) is 78.7 Å². The number of nitriles is 1. The van der Waals surface area contributed by atoms with Crippen LogP contribution >= 0.6 is 22.9 Å². The fourth-order valence-electron chi connectivity index (χ4n) is 4.15. The highest BCUT2D eigenvalue weighted by Gasteiger charge is 2.11. The van der Waals surface area contributed by atoms with E-state index >= 15 is 0 Å². The Labute approximate surface area is 281 Å². The van der Waals surface area contributed by atoms with Crippen LogP contribution in [0.2, 0.25) is 5.15 Å². The molecule has 0 saturated carbocycles. The highest BCUT2D eigenvalue weighted by molar-refractivity contribution is 7.16. The minimum atomic E-state index is -0.506. The predicted molar refractivity (Wildman–Crippen MR) is 182 cm³/mol. The molecule has 14 heteroatoms. The Bertz CT molecular complexity index is 1700. The first-order chi connectivity index (χ1) is 22.7. The van der Waals surface area contributed by atoms with Gasteiger partial charge in [-0.1, -0.05) is 48.0 Å². The molecule has 4 aromatic rings. The predicted octanol–water partition coefficient (Wildman–Crippen LogP) is 5.05. The van der Waals surface area contributed by atoms with Crippen molar-refractivity contribution in [2.75, 3.05) is 51.1 Å².